The van der Waals surface area contributed by atoms with Crippen molar-refractivity contribution < 1.29 is 9.85 Å². The standard InChI is InChI=1S/C10H13NO2/c1-8(2)11(13)7-9-3-5-10(12)6-4-9/h3-8,12H,1-2H3. The van der Waals surface area contributed by atoms with Crippen LogP contribution in [0.25, 0.3) is 0 Å². The number of nitrogens with zero attached hydrogens (tertiary/aromatic N) is 1. The third-order valence-corrected chi connectivity index (χ3v) is 1.68. The molecule has 0 saturated heterocycles. The van der Waals surface area contributed by atoms with Crippen LogP contribution in [0.1, 0.15) is 19.4 Å². The first kappa shape index (κ1) is 9.58. The third-order valence-electron chi connectivity index (χ3n) is 1.68. The first-order valence-corrected chi connectivity index (χ1v) is 4.19. The van der Waals surface area contributed by atoms with Gasteiger partial charge in [-0.15, -0.1) is 0 Å². The lowest BCUT2D eigenvalue weighted by molar-refractivity contribution is -0.487. The van der Waals surface area contributed by atoms with Gasteiger partial charge in [0.1, 0.15) is 5.75 Å². The van der Waals surface area contributed by atoms with Crippen LogP contribution in [0.15, 0.2) is 24.3 Å². The molecule has 1 aromatic rings. The molecule has 1 rings (SSSR count). The number of hydroxylamine groups is 1. The Labute approximate surface area is 77.5 Å². The molecule has 0 aliphatic carbocycles. The molecule has 0 unspecified atom stereocenters. The predicted molar refractivity (Wildman–Crippen MR) is 52.0 cm³/mol. The quantitative estimate of drug-likeness (QED) is 0.325. The van der Waals surface area contributed by atoms with E-state index in [2.05, 4.69) is 0 Å². The zero-order valence-electron chi connectivity index (χ0n) is 7.77. The number of rotatable bonds is 2. The van der Waals surface area contributed by atoms with E-state index in [9.17, 15) is 5.21 Å². The van der Waals surface area contributed by atoms with Gasteiger partial charge in [-0.1, -0.05) is 0 Å². The van der Waals surface area contributed by atoms with Crippen LogP contribution < -0.4 is 0 Å². The molecule has 1 aromatic carbocycles. The van der Waals surface area contributed by atoms with E-state index in [1.54, 1.807) is 24.3 Å². The second kappa shape index (κ2) is 3.94. The van der Waals surface area contributed by atoms with Gasteiger partial charge in [0.25, 0.3) is 0 Å². The molecule has 0 spiro atoms. The van der Waals surface area contributed by atoms with E-state index in [4.69, 9.17) is 5.11 Å². The van der Waals surface area contributed by atoms with Gasteiger partial charge < -0.3 is 10.3 Å². The Morgan fingerprint density at radius 3 is 2.31 bits per heavy atom. The maximum Gasteiger partial charge on any atom is 0.182 e. The van der Waals surface area contributed by atoms with Crippen LogP contribution in [0.5, 0.6) is 5.75 Å². The molecule has 0 atom stereocenters. The molecule has 1 N–H and O–H groups in total. The van der Waals surface area contributed by atoms with Gasteiger partial charge in [0.2, 0.25) is 0 Å². The minimum atomic E-state index is -0.0613. The van der Waals surface area contributed by atoms with E-state index in [1.807, 2.05) is 13.8 Å². The first-order valence-electron chi connectivity index (χ1n) is 4.19. The number of benzene rings is 1. The average molecular weight is 179 g/mol. The van der Waals surface area contributed by atoms with Crippen LogP contribution in [-0.2, 0) is 0 Å². The van der Waals surface area contributed by atoms with E-state index < -0.39 is 0 Å². The molecule has 0 heterocycles. The van der Waals surface area contributed by atoms with Crippen molar-refractivity contribution in [3.05, 3.63) is 35.0 Å². The van der Waals surface area contributed by atoms with Crippen LogP contribution in [0.3, 0.4) is 0 Å². The van der Waals surface area contributed by atoms with Crippen molar-refractivity contribution in [2.75, 3.05) is 0 Å². The summed E-state index contributed by atoms with van der Waals surface area (Å²) in [6.45, 7) is 3.65. The summed E-state index contributed by atoms with van der Waals surface area (Å²) in [6, 6.07) is 6.44. The Balaban J connectivity index is 2.85. The normalized spacial score (nSPS) is 12.1. The fourth-order valence-corrected chi connectivity index (χ4v) is 0.856. The highest BCUT2D eigenvalue weighted by Crippen LogP contribution is 2.07. The van der Waals surface area contributed by atoms with Crippen molar-refractivity contribution in [1.82, 2.24) is 0 Å². The fourth-order valence-electron chi connectivity index (χ4n) is 0.856. The Bertz CT molecular complexity index is 301. The zero-order chi connectivity index (χ0) is 9.84. The summed E-state index contributed by atoms with van der Waals surface area (Å²) >= 11 is 0. The van der Waals surface area contributed by atoms with E-state index in [0.29, 0.717) is 0 Å². The summed E-state index contributed by atoms with van der Waals surface area (Å²) in [5.41, 5.74) is 0.793. The van der Waals surface area contributed by atoms with E-state index >= 15 is 0 Å². The van der Waals surface area contributed by atoms with Gasteiger partial charge in [0.05, 0.1) is 0 Å². The van der Waals surface area contributed by atoms with Crippen molar-refractivity contribution in [3.8, 4) is 5.75 Å². The summed E-state index contributed by atoms with van der Waals surface area (Å²) in [5.74, 6) is 0.208. The minimum Gasteiger partial charge on any atom is -0.624 e. The molecular formula is C10H13NO2. The number of phenols is 1. The lowest BCUT2D eigenvalue weighted by atomic mass is 10.2. The predicted octanol–water partition coefficient (Wildman–Crippen LogP) is 1.73. The van der Waals surface area contributed by atoms with Gasteiger partial charge in [-0.25, -0.2) is 4.74 Å². The van der Waals surface area contributed by atoms with Crippen molar-refractivity contribution in [3.63, 3.8) is 0 Å². The summed E-state index contributed by atoms with van der Waals surface area (Å²) < 4.78 is 0.881. The minimum absolute atomic E-state index is 0.0613. The Morgan fingerprint density at radius 2 is 1.85 bits per heavy atom. The Kier molecular flexibility index (Phi) is 2.90. The van der Waals surface area contributed by atoms with Crippen LogP contribution in [-0.4, -0.2) is 22.1 Å². The molecular weight excluding hydrogens is 166 g/mol. The highest BCUT2D eigenvalue weighted by molar-refractivity contribution is 5.75. The molecule has 70 valence electrons. The molecule has 0 aliphatic heterocycles. The monoisotopic (exact) mass is 179 g/mol. The highest BCUT2D eigenvalue weighted by Gasteiger charge is 2.00. The maximum absolute atomic E-state index is 11.2. The Hall–Kier alpha value is -1.51. The number of hydrogen-bond donors (Lipinski definition) is 1. The fraction of sp³-hybridized carbons (Fsp3) is 0.300. The average Bonchev–Trinajstić information content (AvgIpc) is 2.08. The number of aromatic hydroxyl groups is 1. The van der Waals surface area contributed by atoms with E-state index in [1.165, 1.54) is 6.21 Å². The lowest BCUT2D eigenvalue weighted by Gasteiger charge is -2.06. The zero-order valence-corrected chi connectivity index (χ0v) is 7.77. The van der Waals surface area contributed by atoms with Crippen LogP contribution in [0.4, 0.5) is 0 Å². The molecule has 3 nitrogen and oxygen atoms in total. The van der Waals surface area contributed by atoms with Gasteiger partial charge >= 0.3 is 0 Å². The first-order chi connectivity index (χ1) is 6.09. The van der Waals surface area contributed by atoms with E-state index in [-0.39, 0.29) is 11.8 Å². The van der Waals surface area contributed by atoms with Gasteiger partial charge in [0, 0.05) is 5.56 Å². The Morgan fingerprint density at radius 1 is 1.31 bits per heavy atom. The number of hydrogen-bond acceptors (Lipinski definition) is 2. The second-order valence-electron chi connectivity index (χ2n) is 3.17. The van der Waals surface area contributed by atoms with Crippen molar-refractivity contribution >= 4 is 6.21 Å². The van der Waals surface area contributed by atoms with Crippen LogP contribution in [0, 0.1) is 5.21 Å². The molecule has 0 aliphatic rings. The second-order valence-corrected chi connectivity index (χ2v) is 3.17. The largest absolute Gasteiger partial charge is 0.624 e. The molecule has 0 saturated carbocycles. The third kappa shape index (κ3) is 2.78. The molecule has 13 heavy (non-hydrogen) atoms. The summed E-state index contributed by atoms with van der Waals surface area (Å²) in [6.07, 6.45) is 1.50. The summed E-state index contributed by atoms with van der Waals surface area (Å²) in [5, 5.41) is 20.2. The molecule has 0 aromatic heterocycles. The van der Waals surface area contributed by atoms with Gasteiger partial charge in [-0.05, 0) is 38.1 Å². The topological polar surface area (TPSA) is 46.3 Å². The lowest BCUT2D eigenvalue weighted by Crippen LogP contribution is -2.14. The maximum atomic E-state index is 11.2. The molecule has 0 amide bonds. The van der Waals surface area contributed by atoms with Crippen molar-refractivity contribution in [2.45, 2.75) is 19.9 Å². The number of phenolic OH excluding ortho intramolecular Hbond substituents is 1. The van der Waals surface area contributed by atoms with Crippen molar-refractivity contribution in [1.29, 1.82) is 0 Å². The molecule has 0 radical (unpaired) electrons. The molecule has 0 fully saturated rings. The van der Waals surface area contributed by atoms with Gasteiger partial charge in [0.15, 0.2) is 12.3 Å². The highest BCUT2D eigenvalue weighted by atomic mass is 16.5. The van der Waals surface area contributed by atoms with E-state index in [0.717, 1.165) is 10.3 Å². The van der Waals surface area contributed by atoms with Crippen LogP contribution in [0.2, 0.25) is 0 Å². The smallest absolute Gasteiger partial charge is 0.182 e. The molecule has 3 heteroatoms. The van der Waals surface area contributed by atoms with Gasteiger partial charge in [-0.2, -0.15) is 0 Å². The van der Waals surface area contributed by atoms with Gasteiger partial charge in [-0.3, -0.25) is 0 Å². The SMILES string of the molecule is CC(C)[N+]([O-])=Cc1ccc(O)cc1. The molecule has 0 bridgehead atoms. The summed E-state index contributed by atoms with van der Waals surface area (Å²) in [4.78, 5) is 0. The van der Waals surface area contributed by atoms with Crippen LogP contribution >= 0.6 is 0 Å². The van der Waals surface area contributed by atoms with Crippen molar-refractivity contribution in [2.24, 2.45) is 0 Å². The summed E-state index contributed by atoms with van der Waals surface area (Å²) in [7, 11) is 0.